The van der Waals surface area contributed by atoms with Gasteiger partial charge in [-0.15, -0.1) is 0 Å². The Morgan fingerprint density at radius 3 is 2.57 bits per heavy atom. The molecule has 2 amide bonds. The second-order valence-corrected chi connectivity index (χ2v) is 6.88. The van der Waals surface area contributed by atoms with Crippen LogP contribution in [0.4, 0.5) is 10.6 Å². The molecule has 2 aromatic heterocycles. The molecule has 0 radical (unpaired) electrons. The average Bonchev–Trinajstić information content (AvgIpc) is 3.26. The first-order chi connectivity index (χ1) is 14.8. The molecule has 0 saturated carbocycles. The van der Waals surface area contributed by atoms with E-state index < -0.39 is 0 Å². The zero-order chi connectivity index (χ0) is 20.6. The van der Waals surface area contributed by atoms with Gasteiger partial charge >= 0.3 is 6.03 Å². The molecule has 7 heteroatoms. The summed E-state index contributed by atoms with van der Waals surface area (Å²) in [4.78, 5) is 16.5. The molecule has 4 rings (SSSR count). The van der Waals surface area contributed by atoms with Crippen LogP contribution in [0.15, 0.2) is 79.1 Å². The van der Waals surface area contributed by atoms with Gasteiger partial charge in [0.25, 0.3) is 0 Å². The number of fused-ring (bicyclic) bond motifs is 1. The number of hydrogen-bond acceptors (Lipinski definition) is 4. The second-order valence-electron chi connectivity index (χ2n) is 6.88. The molecular weight excluding hydrogens is 376 g/mol. The van der Waals surface area contributed by atoms with Gasteiger partial charge in [-0.3, -0.25) is 0 Å². The molecule has 0 aliphatic heterocycles. The third-order valence-electron chi connectivity index (χ3n) is 4.67. The van der Waals surface area contributed by atoms with Crippen molar-refractivity contribution in [2.24, 2.45) is 0 Å². The molecule has 0 atom stereocenters. The van der Waals surface area contributed by atoms with E-state index in [1.54, 1.807) is 0 Å². The van der Waals surface area contributed by atoms with Crippen molar-refractivity contribution >= 4 is 22.8 Å². The highest BCUT2D eigenvalue weighted by atomic mass is 16.2. The van der Waals surface area contributed by atoms with Crippen LogP contribution >= 0.6 is 0 Å². The van der Waals surface area contributed by atoms with Crippen molar-refractivity contribution in [1.29, 1.82) is 0 Å². The number of rotatable bonds is 8. The molecule has 0 spiro atoms. The van der Waals surface area contributed by atoms with Crippen molar-refractivity contribution in [3.63, 3.8) is 0 Å². The molecule has 0 unspecified atom stereocenters. The predicted octanol–water partition coefficient (Wildman–Crippen LogP) is 3.37. The van der Waals surface area contributed by atoms with E-state index in [2.05, 4.69) is 26.0 Å². The van der Waals surface area contributed by atoms with Crippen LogP contribution in [-0.2, 0) is 6.42 Å². The van der Waals surface area contributed by atoms with Crippen LogP contribution in [0.1, 0.15) is 5.56 Å². The molecule has 0 saturated heterocycles. The third kappa shape index (κ3) is 5.14. The Hall–Kier alpha value is -3.87. The van der Waals surface area contributed by atoms with Gasteiger partial charge in [0.2, 0.25) is 0 Å². The Morgan fingerprint density at radius 2 is 1.67 bits per heavy atom. The van der Waals surface area contributed by atoms with Crippen molar-refractivity contribution in [2.45, 2.75) is 6.42 Å². The lowest BCUT2D eigenvalue weighted by molar-refractivity contribution is 0.241. The number of nitrogens with one attached hydrogen (secondary N) is 3. The smallest absolute Gasteiger partial charge is 0.314 e. The van der Waals surface area contributed by atoms with Gasteiger partial charge in [-0.2, -0.15) is 5.10 Å². The molecule has 7 nitrogen and oxygen atoms in total. The quantitative estimate of drug-likeness (QED) is 0.396. The number of benzene rings is 2. The Balaban J connectivity index is 1.14. The van der Waals surface area contributed by atoms with Gasteiger partial charge in [-0.1, -0.05) is 36.4 Å². The number of carbonyl (C=O) groups is 1. The maximum Gasteiger partial charge on any atom is 0.314 e. The zero-order valence-electron chi connectivity index (χ0n) is 16.6. The lowest BCUT2D eigenvalue weighted by Gasteiger charge is -2.09. The second kappa shape index (κ2) is 9.56. The minimum atomic E-state index is -0.182. The number of urea groups is 1. The van der Waals surface area contributed by atoms with Gasteiger partial charge in [-0.05, 0) is 42.3 Å². The Kier molecular flexibility index (Phi) is 6.19. The van der Waals surface area contributed by atoms with E-state index in [0.29, 0.717) is 19.6 Å². The van der Waals surface area contributed by atoms with Crippen LogP contribution in [0.25, 0.3) is 16.6 Å². The van der Waals surface area contributed by atoms with Gasteiger partial charge in [0.1, 0.15) is 5.82 Å². The number of pyridine rings is 1. The number of carbonyl (C=O) groups excluding carboxylic acids is 1. The number of nitrogens with zero attached hydrogens (tertiary/aromatic N) is 3. The van der Waals surface area contributed by atoms with E-state index in [9.17, 15) is 4.79 Å². The van der Waals surface area contributed by atoms with Gasteiger partial charge in [0, 0.05) is 31.2 Å². The minimum absolute atomic E-state index is 0.182. The highest BCUT2D eigenvalue weighted by Crippen LogP contribution is 2.14. The van der Waals surface area contributed by atoms with Crippen LogP contribution in [0.5, 0.6) is 0 Å². The Bertz CT molecular complexity index is 1110. The molecule has 2 aromatic carbocycles. The summed E-state index contributed by atoms with van der Waals surface area (Å²) in [5, 5.41) is 14.4. The summed E-state index contributed by atoms with van der Waals surface area (Å²) in [6.07, 6.45) is 4.53. The van der Waals surface area contributed by atoms with Crippen LogP contribution in [0, 0.1) is 0 Å². The molecule has 4 aromatic rings. The predicted molar refractivity (Wildman–Crippen MR) is 119 cm³/mol. The Labute approximate surface area is 175 Å². The molecule has 0 bridgehead atoms. The number of amides is 2. The van der Waals surface area contributed by atoms with E-state index in [-0.39, 0.29) is 6.03 Å². The van der Waals surface area contributed by atoms with Crippen molar-refractivity contribution in [2.75, 3.05) is 25.0 Å². The Morgan fingerprint density at radius 1 is 0.867 bits per heavy atom. The van der Waals surface area contributed by atoms with Crippen molar-refractivity contribution < 1.29 is 4.79 Å². The van der Waals surface area contributed by atoms with Gasteiger partial charge < -0.3 is 16.0 Å². The standard InChI is InChI=1S/C23H24N6O/c30-23(25-13-12-18-16-27-29(17-18)20-7-2-1-3-8-20)26-15-14-24-22-11-10-19-6-4-5-9-21(19)28-22/h1-11,16-17H,12-15H2,(H,24,28)(H2,25,26,30). The summed E-state index contributed by atoms with van der Waals surface area (Å²) in [7, 11) is 0. The topological polar surface area (TPSA) is 83.9 Å². The highest BCUT2D eigenvalue weighted by molar-refractivity contribution is 5.80. The lowest BCUT2D eigenvalue weighted by atomic mass is 10.2. The summed E-state index contributed by atoms with van der Waals surface area (Å²) in [6.45, 7) is 1.65. The SMILES string of the molecule is O=C(NCCNc1ccc2ccccc2n1)NCCc1cnn(-c2ccccc2)c1. The van der Waals surface area contributed by atoms with E-state index >= 15 is 0 Å². The van der Waals surface area contributed by atoms with Gasteiger partial charge in [-0.25, -0.2) is 14.5 Å². The summed E-state index contributed by atoms with van der Waals surface area (Å²) in [6, 6.07) is 21.7. The van der Waals surface area contributed by atoms with Crippen LogP contribution in [0.3, 0.4) is 0 Å². The normalized spacial score (nSPS) is 10.7. The average molecular weight is 400 g/mol. The fraction of sp³-hybridized carbons (Fsp3) is 0.174. The molecule has 3 N–H and O–H groups in total. The van der Waals surface area contributed by atoms with E-state index in [0.717, 1.165) is 34.4 Å². The first kappa shape index (κ1) is 19.4. The monoisotopic (exact) mass is 400 g/mol. The fourth-order valence-corrected chi connectivity index (χ4v) is 3.13. The van der Waals surface area contributed by atoms with Crippen LogP contribution in [0.2, 0.25) is 0 Å². The van der Waals surface area contributed by atoms with Crippen molar-refractivity contribution in [3.05, 3.63) is 84.7 Å². The molecule has 30 heavy (non-hydrogen) atoms. The highest BCUT2D eigenvalue weighted by Gasteiger charge is 2.03. The molecule has 0 aliphatic carbocycles. The molecule has 0 fully saturated rings. The maximum atomic E-state index is 12.0. The van der Waals surface area contributed by atoms with Crippen molar-refractivity contribution in [3.8, 4) is 5.69 Å². The summed E-state index contributed by atoms with van der Waals surface area (Å²) in [5.41, 5.74) is 3.04. The number of para-hydroxylation sites is 2. The summed E-state index contributed by atoms with van der Waals surface area (Å²) in [5.74, 6) is 0.798. The molecule has 152 valence electrons. The first-order valence-electron chi connectivity index (χ1n) is 9.98. The number of anilines is 1. The fourth-order valence-electron chi connectivity index (χ4n) is 3.13. The van der Waals surface area contributed by atoms with Crippen LogP contribution in [-0.4, -0.2) is 40.4 Å². The minimum Gasteiger partial charge on any atom is -0.368 e. The van der Waals surface area contributed by atoms with Gasteiger partial charge in [0.15, 0.2) is 0 Å². The van der Waals surface area contributed by atoms with E-state index in [1.165, 1.54) is 0 Å². The van der Waals surface area contributed by atoms with E-state index in [4.69, 9.17) is 0 Å². The van der Waals surface area contributed by atoms with Gasteiger partial charge in [0.05, 0.1) is 17.4 Å². The number of hydrogen-bond donors (Lipinski definition) is 3. The lowest BCUT2D eigenvalue weighted by Crippen LogP contribution is -2.38. The first-order valence-corrected chi connectivity index (χ1v) is 9.98. The molecule has 2 heterocycles. The maximum absolute atomic E-state index is 12.0. The summed E-state index contributed by atoms with van der Waals surface area (Å²) >= 11 is 0. The summed E-state index contributed by atoms with van der Waals surface area (Å²) < 4.78 is 1.84. The van der Waals surface area contributed by atoms with Crippen molar-refractivity contribution in [1.82, 2.24) is 25.4 Å². The largest absolute Gasteiger partial charge is 0.368 e. The van der Waals surface area contributed by atoms with Crippen LogP contribution < -0.4 is 16.0 Å². The number of aromatic nitrogens is 3. The molecular formula is C23H24N6O. The third-order valence-corrected chi connectivity index (χ3v) is 4.67. The molecule has 0 aliphatic rings. The zero-order valence-corrected chi connectivity index (χ0v) is 16.6. The van der Waals surface area contributed by atoms with E-state index in [1.807, 2.05) is 83.8 Å².